The molecule has 3 rings (SSSR count). The van der Waals surface area contributed by atoms with Gasteiger partial charge in [0.15, 0.2) is 0 Å². The van der Waals surface area contributed by atoms with Crippen molar-refractivity contribution in [3.8, 4) is 0 Å². The molecule has 0 saturated heterocycles. The molecule has 3 aromatic carbocycles. The molecule has 2 heteroatoms. The minimum Gasteiger partial charge on any atom is -0.360 e. The SMILES string of the molecule is ClCCOC(c1ccccc1)(c1ccccc1)c1ccccc1. The number of rotatable bonds is 6. The highest BCUT2D eigenvalue weighted by Crippen LogP contribution is 2.40. The van der Waals surface area contributed by atoms with Crippen molar-refractivity contribution in [2.45, 2.75) is 5.60 Å². The maximum Gasteiger partial charge on any atom is 0.143 e. The Balaban J connectivity index is 2.25. The van der Waals surface area contributed by atoms with Gasteiger partial charge in [0.05, 0.1) is 6.61 Å². The van der Waals surface area contributed by atoms with Crippen molar-refractivity contribution in [1.82, 2.24) is 0 Å². The molecule has 0 aliphatic rings. The third-order valence-corrected chi connectivity index (χ3v) is 4.09. The van der Waals surface area contributed by atoms with Crippen LogP contribution in [0, 0.1) is 0 Å². The van der Waals surface area contributed by atoms with Gasteiger partial charge < -0.3 is 4.74 Å². The zero-order chi connectivity index (χ0) is 16.0. The van der Waals surface area contributed by atoms with E-state index >= 15 is 0 Å². The molecule has 3 aromatic rings. The summed E-state index contributed by atoms with van der Waals surface area (Å²) in [7, 11) is 0. The first-order valence-corrected chi connectivity index (χ1v) is 8.28. The normalized spacial score (nSPS) is 11.3. The molecule has 0 fully saturated rings. The number of ether oxygens (including phenoxy) is 1. The molecular weight excluding hydrogens is 304 g/mol. The van der Waals surface area contributed by atoms with Gasteiger partial charge >= 0.3 is 0 Å². The molecule has 0 unspecified atom stereocenters. The summed E-state index contributed by atoms with van der Waals surface area (Å²) in [6.45, 7) is 0.472. The highest BCUT2D eigenvalue weighted by atomic mass is 35.5. The Morgan fingerprint density at radius 2 is 0.957 bits per heavy atom. The van der Waals surface area contributed by atoms with E-state index in [9.17, 15) is 0 Å². The summed E-state index contributed by atoms with van der Waals surface area (Å²) < 4.78 is 6.41. The number of alkyl halides is 1. The van der Waals surface area contributed by atoms with Crippen molar-refractivity contribution in [3.63, 3.8) is 0 Å². The molecule has 0 radical (unpaired) electrons. The molecule has 0 aromatic heterocycles. The molecule has 0 bridgehead atoms. The number of hydrogen-bond acceptors (Lipinski definition) is 1. The maximum absolute atomic E-state index is 6.41. The molecule has 0 saturated carbocycles. The fourth-order valence-corrected chi connectivity index (χ4v) is 3.04. The molecule has 0 aliphatic carbocycles. The average Bonchev–Trinajstić information content (AvgIpc) is 2.65. The molecule has 116 valence electrons. The lowest BCUT2D eigenvalue weighted by molar-refractivity contribution is 0.0228. The van der Waals surface area contributed by atoms with E-state index in [2.05, 4.69) is 36.4 Å². The Morgan fingerprint density at radius 1 is 0.609 bits per heavy atom. The second-order valence-corrected chi connectivity index (χ2v) is 5.69. The molecule has 0 atom stereocenters. The Kier molecular flexibility index (Phi) is 5.12. The van der Waals surface area contributed by atoms with E-state index in [1.807, 2.05) is 54.6 Å². The molecule has 1 nitrogen and oxygen atoms in total. The van der Waals surface area contributed by atoms with Gasteiger partial charge in [-0.3, -0.25) is 0 Å². The van der Waals surface area contributed by atoms with Gasteiger partial charge in [0, 0.05) is 5.88 Å². The Morgan fingerprint density at radius 3 is 1.26 bits per heavy atom. The Labute approximate surface area is 142 Å². The van der Waals surface area contributed by atoms with E-state index < -0.39 is 5.60 Å². The van der Waals surface area contributed by atoms with Crippen molar-refractivity contribution in [2.75, 3.05) is 12.5 Å². The number of halogens is 1. The van der Waals surface area contributed by atoms with Crippen LogP contribution in [-0.2, 0) is 10.3 Å². The van der Waals surface area contributed by atoms with Crippen LogP contribution in [0.15, 0.2) is 91.0 Å². The van der Waals surface area contributed by atoms with Crippen molar-refractivity contribution in [3.05, 3.63) is 108 Å². The molecular formula is C21H19ClO. The largest absolute Gasteiger partial charge is 0.360 e. The highest BCUT2D eigenvalue weighted by molar-refractivity contribution is 6.17. The first-order valence-electron chi connectivity index (χ1n) is 7.74. The quantitative estimate of drug-likeness (QED) is 0.446. The zero-order valence-corrected chi connectivity index (χ0v) is 13.6. The Hall–Kier alpha value is -2.09. The van der Waals surface area contributed by atoms with Crippen LogP contribution < -0.4 is 0 Å². The lowest BCUT2D eigenvalue weighted by Gasteiger charge is -2.35. The van der Waals surface area contributed by atoms with Gasteiger partial charge in [0.25, 0.3) is 0 Å². The molecule has 0 N–H and O–H groups in total. The van der Waals surface area contributed by atoms with Crippen LogP contribution in [0.1, 0.15) is 16.7 Å². The van der Waals surface area contributed by atoms with E-state index in [1.165, 1.54) is 0 Å². The second-order valence-electron chi connectivity index (χ2n) is 5.32. The third kappa shape index (κ3) is 3.17. The first-order chi connectivity index (χ1) is 11.4. The molecule has 0 aliphatic heterocycles. The van der Waals surface area contributed by atoms with E-state index in [4.69, 9.17) is 16.3 Å². The molecule has 0 spiro atoms. The summed E-state index contributed by atoms with van der Waals surface area (Å²) >= 11 is 5.94. The zero-order valence-electron chi connectivity index (χ0n) is 12.9. The highest BCUT2D eigenvalue weighted by Gasteiger charge is 2.37. The predicted molar refractivity (Wildman–Crippen MR) is 95.9 cm³/mol. The van der Waals surface area contributed by atoms with Crippen LogP contribution in [0.25, 0.3) is 0 Å². The number of hydrogen-bond donors (Lipinski definition) is 0. The number of benzene rings is 3. The smallest absolute Gasteiger partial charge is 0.143 e. The van der Waals surface area contributed by atoms with E-state index in [0.717, 1.165) is 16.7 Å². The van der Waals surface area contributed by atoms with Crippen molar-refractivity contribution >= 4 is 11.6 Å². The minimum atomic E-state index is -0.654. The maximum atomic E-state index is 6.41. The summed E-state index contributed by atoms with van der Waals surface area (Å²) in [5, 5.41) is 0. The van der Waals surface area contributed by atoms with Crippen LogP contribution in [-0.4, -0.2) is 12.5 Å². The van der Waals surface area contributed by atoms with Crippen LogP contribution in [0.2, 0.25) is 0 Å². The summed E-state index contributed by atoms with van der Waals surface area (Å²) in [5.41, 5.74) is 2.64. The van der Waals surface area contributed by atoms with Crippen LogP contribution in [0.3, 0.4) is 0 Å². The third-order valence-electron chi connectivity index (χ3n) is 3.94. The second kappa shape index (κ2) is 7.45. The summed E-state index contributed by atoms with van der Waals surface area (Å²) in [6, 6.07) is 30.9. The van der Waals surface area contributed by atoms with Crippen LogP contribution in [0.5, 0.6) is 0 Å². The lowest BCUT2D eigenvalue weighted by Crippen LogP contribution is -2.33. The first kappa shape index (κ1) is 15.8. The van der Waals surface area contributed by atoms with Crippen molar-refractivity contribution < 1.29 is 4.74 Å². The topological polar surface area (TPSA) is 9.23 Å². The van der Waals surface area contributed by atoms with Gasteiger partial charge in [0.2, 0.25) is 0 Å². The molecule has 23 heavy (non-hydrogen) atoms. The molecule has 0 amide bonds. The van der Waals surface area contributed by atoms with Crippen LogP contribution in [0.4, 0.5) is 0 Å². The van der Waals surface area contributed by atoms with Gasteiger partial charge in [-0.1, -0.05) is 91.0 Å². The standard InChI is InChI=1S/C21H19ClO/c22-16-17-23-21(18-10-4-1-5-11-18,19-12-6-2-7-13-19)20-14-8-3-9-15-20/h1-15H,16-17H2. The minimum absolute atomic E-state index is 0.453. The van der Waals surface area contributed by atoms with Gasteiger partial charge in [-0.2, -0.15) is 0 Å². The Bertz CT molecular complexity index is 614. The summed E-state index contributed by atoms with van der Waals surface area (Å²) in [5.74, 6) is 0.453. The van der Waals surface area contributed by atoms with Gasteiger partial charge in [-0.15, -0.1) is 11.6 Å². The van der Waals surface area contributed by atoms with Crippen molar-refractivity contribution in [1.29, 1.82) is 0 Å². The summed E-state index contributed by atoms with van der Waals surface area (Å²) in [4.78, 5) is 0. The van der Waals surface area contributed by atoms with Gasteiger partial charge in [0.1, 0.15) is 5.60 Å². The monoisotopic (exact) mass is 322 g/mol. The van der Waals surface area contributed by atoms with Gasteiger partial charge in [-0.25, -0.2) is 0 Å². The van der Waals surface area contributed by atoms with E-state index in [0.29, 0.717) is 12.5 Å². The predicted octanol–water partition coefficient (Wildman–Crippen LogP) is 5.23. The van der Waals surface area contributed by atoms with Crippen LogP contribution >= 0.6 is 11.6 Å². The molecule has 0 heterocycles. The average molecular weight is 323 g/mol. The fraction of sp³-hybridized carbons (Fsp3) is 0.143. The fourth-order valence-electron chi connectivity index (χ4n) is 2.96. The van der Waals surface area contributed by atoms with Gasteiger partial charge in [-0.05, 0) is 16.7 Å². The lowest BCUT2D eigenvalue weighted by atomic mass is 9.80. The van der Waals surface area contributed by atoms with E-state index in [-0.39, 0.29) is 0 Å². The van der Waals surface area contributed by atoms with E-state index in [1.54, 1.807) is 0 Å². The summed E-state index contributed by atoms with van der Waals surface area (Å²) in [6.07, 6.45) is 0. The van der Waals surface area contributed by atoms with Crippen molar-refractivity contribution in [2.24, 2.45) is 0 Å².